The first-order valence-electron chi connectivity index (χ1n) is 25.8. The first-order chi connectivity index (χ1) is 35.1. The molecule has 1 fully saturated rings. The van der Waals surface area contributed by atoms with E-state index in [2.05, 4.69) is 26.6 Å². The molecule has 0 spiro atoms. The van der Waals surface area contributed by atoms with E-state index in [-0.39, 0.29) is 70.8 Å². The van der Waals surface area contributed by atoms with Crippen molar-refractivity contribution < 1.29 is 56.9 Å². The number of ether oxygens (including phenoxy) is 3. The van der Waals surface area contributed by atoms with E-state index in [1.54, 1.807) is 102 Å². The Morgan fingerprint density at radius 3 is 1.69 bits per heavy atom. The van der Waals surface area contributed by atoms with E-state index in [0.29, 0.717) is 18.4 Å². The maximum Gasteiger partial charge on any atom is 0.409 e. The van der Waals surface area contributed by atoms with Crippen LogP contribution in [-0.2, 0) is 48.0 Å². The quantitative estimate of drug-likeness (QED) is 0.0263. The van der Waals surface area contributed by atoms with Crippen LogP contribution in [0.1, 0.15) is 111 Å². The summed E-state index contributed by atoms with van der Waals surface area (Å²) in [6.45, 7) is 14.3. The number of likely N-dealkylation sites (tertiary alicyclic amines) is 1. The van der Waals surface area contributed by atoms with Crippen molar-refractivity contribution in [3.05, 3.63) is 108 Å². The van der Waals surface area contributed by atoms with E-state index in [1.165, 1.54) is 16.8 Å². The molecule has 19 heteroatoms. The highest BCUT2D eigenvalue weighted by atomic mass is 19.3. The Kier molecular flexibility index (Phi) is 22.8. The molecule has 6 amide bonds. The molecule has 414 valence electrons. The first-order valence-corrected chi connectivity index (χ1v) is 25.8. The highest BCUT2D eigenvalue weighted by molar-refractivity contribution is 5.92. The van der Waals surface area contributed by atoms with Gasteiger partial charge in [0.15, 0.2) is 0 Å². The number of rotatable bonds is 26. The maximum atomic E-state index is 15.6. The number of halogens is 2. The third-order valence-corrected chi connectivity index (χ3v) is 12.6. The Morgan fingerprint density at radius 1 is 0.693 bits per heavy atom. The van der Waals surface area contributed by atoms with Gasteiger partial charge >= 0.3 is 18.3 Å². The smallest absolute Gasteiger partial charge is 0.409 e. The number of carbonyl (C=O) groups is 6. The van der Waals surface area contributed by atoms with Crippen LogP contribution in [-0.4, -0.2) is 132 Å². The monoisotopic (exact) mass is 1050 g/mol. The minimum Gasteiger partial charge on any atom is -0.445 e. The number of benzene rings is 3. The van der Waals surface area contributed by atoms with Crippen LogP contribution >= 0.6 is 0 Å². The number of hydrogen-bond acceptors (Lipinski definition) is 11. The number of nitrogens with one attached hydrogen (secondary N) is 5. The van der Waals surface area contributed by atoms with Crippen LogP contribution < -0.4 is 26.6 Å². The zero-order valence-electron chi connectivity index (χ0n) is 45.4. The molecule has 6 N–H and O–H groups in total. The molecule has 4 rings (SSSR count). The average molecular weight is 1050 g/mol. The van der Waals surface area contributed by atoms with Crippen molar-refractivity contribution in [1.29, 1.82) is 0 Å². The van der Waals surface area contributed by atoms with Crippen molar-refractivity contribution in [2.24, 2.45) is 11.3 Å². The highest BCUT2D eigenvalue weighted by Gasteiger charge is 2.59. The molecule has 17 nitrogen and oxygen atoms in total. The fourth-order valence-electron chi connectivity index (χ4n) is 8.50. The second-order valence-corrected chi connectivity index (χ2v) is 22.0. The molecule has 1 aliphatic rings. The summed E-state index contributed by atoms with van der Waals surface area (Å²) in [6, 6.07) is 22.5. The van der Waals surface area contributed by atoms with Gasteiger partial charge < -0.3 is 50.4 Å². The molecule has 3 aromatic carbocycles. The molecule has 1 unspecified atom stereocenters. The lowest BCUT2D eigenvalue weighted by Crippen LogP contribution is -2.69. The number of carbonyl (C=O) groups excluding carboxylic acids is 6. The Morgan fingerprint density at radius 2 is 1.19 bits per heavy atom. The fraction of sp³-hybridized carbons (Fsp3) is 0.571. The predicted octanol–water partition coefficient (Wildman–Crippen LogP) is 7.49. The molecule has 0 bridgehead atoms. The number of nitrogens with zero attached hydrogens (tertiary/aromatic N) is 2. The summed E-state index contributed by atoms with van der Waals surface area (Å²) < 4.78 is 47.4. The summed E-state index contributed by atoms with van der Waals surface area (Å²) in [5.74, 6) is -5.23. The van der Waals surface area contributed by atoms with Crippen molar-refractivity contribution in [2.45, 2.75) is 161 Å². The Balaban J connectivity index is 1.55. The number of alkyl halides is 2. The lowest BCUT2D eigenvalue weighted by molar-refractivity contribution is -0.193. The second-order valence-electron chi connectivity index (χ2n) is 22.0. The maximum absolute atomic E-state index is 15.6. The predicted molar refractivity (Wildman–Crippen MR) is 281 cm³/mol. The van der Waals surface area contributed by atoms with Gasteiger partial charge in [-0.15, -0.1) is 0 Å². The lowest BCUT2D eigenvalue weighted by atomic mass is 9.71. The topological polar surface area (TPSA) is 217 Å². The Bertz CT molecular complexity index is 2290. The van der Waals surface area contributed by atoms with Gasteiger partial charge in [-0.25, -0.2) is 23.2 Å². The molecule has 1 heterocycles. The van der Waals surface area contributed by atoms with Crippen LogP contribution in [0.4, 0.5) is 23.2 Å². The van der Waals surface area contributed by atoms with Gasteiger partial charge in [-0.3, -0.25) is 19.7 Å². The second kappa shape index (κ2) is 28.0. The summed E-state index contributed by atoms with van der Waals surface area (Å²) in [5, 5.41) is 26.2. The summed E-state index contributed by atoms with van der Waals surface area (Å²) in [6.07, 6.45) is -2.66. The number of aliphatic hydroxyl groups is 1. The third-order valence-electron chi connectivity index (χ3n) is 12.6. The van der Waals surface area contributed by atoms with E-state index in [4.69, 9.17) is 14.2 Å². The summed E-state index contributed by atoms with van der Waals surface area (Å²) >= 11 is 0. The zero-order valence-corrected chi connectivity index (χ0v) is 45.4. The van der Waals surface area contributed by atoms with Crippen LogP contribution in [0.25, 0.3) is 0 Å². The Hall–Kier alpha value is -6.34. The molecule has 0 saturated carbocycles. The van der Waals surface area contributed by atoms with Crippen molar-refractivity contribution in [2.75, 3.05) is 33.2 Å². The summed E-state index contributed by atoms with van der Waals surface area (Å²) in [5.41, 5.74) is -1.04. The number of amides is 6. The fourth-order valence-corrected chi connectivity index (χ4v) is 8.50. The first kappa shape index (κ1) is 61.2. The van der Waals surface area contributed by atoms with Crippen LogP contribution in [0.2, 0.25) is 0 Å². The molecule has 0 aromatic heterocycles. The summed E-state index contributed by atoms with van der Waals surface area (Å²) in [7, 11) is 1.46. The minimum atomic E-state index is -3.25. The lowest BCUT2D eigenvalue weighted by Gasteiger charge is -2.54. The van der Waals surface area contributed by atoms with Gasteiger partial charge in [0.05, 0.1) is 17.5 Å². The SMILES string of the molecule is CC(C)C[C@@H](NC(=O)[C@@H](Cc1ccccc1)NC(=O)[C@@H](Cc1ccccc1)NC(=O)OC(C)(C)C)C(O)N[C@H](CCCCNC(=O)OC(C)(C)C)C(=O)N1CC(CCN(C)C(=O)OCc2ccccc2)(C(C)(F)F)C1. The van der Waals surface area contributed by atoms with Gasteiger partial charge in [0.2, 0.25) is 17.7 Å². The van der Waals surface area contributed by atoms with Crippen molar-refractivity contribution in [1.82, 2.24) is 36.4 Å². The minimum absolute atomic E-state index is 0.00984. The van der Waals surface area contributed by atoms with E-state index in [1.807, 2.05) is 44.2 Å². The van der Waals surface area contributed by atoms with Crippen LogP contribution in [0.3, 0.4) is 0 Å². The highest BCUT2D eigenvalue weighted by Crippen LogP contribution is 2.47. The normalized spacial score (nSPS) is 15.5. The van der Waals surface area contributed by atoms with Gasteiger partial charge in [-0.2, -0.15) is 0 Å². The standard InChI is InChI=1S/C56H81F2N7O10/c1-38(2)32-43(61-47(67)44(33-39-22-14-11-15-23-39)62-48(68)45(34-40-24-16-12-17-25-40)63-51(71)75-54(6,7)8)46(66)60-42(28-20-21-30-59-50(70)74-53(3,4)5)49(69)65-36-56(37-65,55(9,57)58)29-31-64(10)52(72)73-35-41-26-18-13-19-27-41/h11-19,22-27,38,42-46,60,66H,20-21,28-37H2,1-10H3,(H,59,70)(H,61,67)(H,62,68)(H,63,71)/t42-,43-,44-,45-,46?/m1/s1. The van der Waals surface area contributed by atoms with E-state index < -0.39 is 88.9 Å². The van der Waals surface area contributed by atoms with Crippen molar-refractivity contribution >= 4 is 36.0 Å². The molecular weight excluding hydrogens is 969 g/mol. The van der Waals surface area contributed by atoms with Crippen molar-refractivity contribution in [3.8, 4) is 0 Å². The molecule has 1 aliphatic heterocycles. The molecule has 5 atom stereocenters. The van der Waals surface area contributed by atoms with Gasteiger partial charge in [-0.05, 0) is 96.3 Å². The van der Waals surface area contributed by atoms with Crippen LogP contribution in [0, 0.1) is 11.3 Å². The molecular formula is C56H81F2N7O10. The van der Waals surface area contributed by atoms with Crippen LogP contribution in [0.15, 0.2) is 91.0 Å². The van der Waals surface area contributed by atoms with Gasteiger partial charge in [0.1, 0.15) is 36.1 Å². The molecule has 75 heavy (non-hydrogen) atoms. The number of hydrogen-bond donors (Lipinski definition) is 6. The summed E-state index contributed by atoms with van der Waals surface area (Å²) in [4.78, 5) is 84.1. The average Bonchev–Trinajstić information content (AvgIpc) is 3.30. The molecule has 1 saturated heterocycles. The molecule has 3 aromatic rings. The van der Waals surface area contributed by atoms with Gasteiger partial charge in [-0.1, -0.05) is 105 Å². The number of alkyl carbamates (subject to hydrolysis) is 2. The third kappa shape index (κ3) is 21.1. The number of aliphatic hydroxyl groups excluding tert-OH is 1. The van der Waals surface area contributed by atoms with Crippen LogP contribution in [0.5, 0.6) is 0 Å². The van der Waals surface area contributed by atoms with Gasteiger partial charge in [0, 0.05) is 53.0 Å². The zero-order chi connectivity index (χ0) is 55.6. The van der Waals surface area contributed by atoms with E-state index in [9.17, 15) is 33.9 Å². The molecule has 0 radical (unpaired) electrons. The van der Waals surface area contributed by atoms with Crippen molar-refractivity contribution in [3.63, 3.8) is 0 Å². The Labute approximate surface area is 441 Å². The number of unbranched alkanes of at least 4 members (excludes halogenated alkanes) is 1. The van der Waals surface area contributed by atoms with E-state index in [0.717, 1.165) is 18.1 Å². The van der Waals surface area contributed by atoms with E-state index >= 15 is 8.78 Å². The van der Waals surface area contributed by atoms with Gasteiger partial charge in [0.25, 0.3) is 5.92 Å². The largest absolute Gasteiger partial charge is 0.445 e. The molecule has 0 aliphatic carbocycles.